The molecule has 0 unspecified atom stereocenters. The molecule has 3 N–H and O–H groups in total. The summed E-state index contributed by atoms with van der Waals surface area (Å²) in [6.45, 7) is 0.705. The van der Waals surface area contributed by atoms with Gasteiger partial charge in [-0.05, 0) is 23.3 Å². The number of aromatic nitrogens is 4. The van der Waals surface area contributed by atoms with Crippen molar-refractivity contribution >= 4 is 22.9 Å². The Morgan fingerprint density at radius 3 is 2.41 bits per heavy atom. The van der Waals surface area contributed by atoms with Crippen LogP contribution in [0.1, 0.15) is 16.7 Å². The number of benzene rings is 2. The second-order valence-electron chi connectivity index (χ2n) is 6.39. The van der Waals surface area contributed by atoms with E-state index in [2.05, 4.69) is 30.6 Å². The van der Waals surface area contributed by atoms with Crippen LogP contribution < -0.4 is 10.6 Å². The van der Waals surface area contributed by atoms with Crippen molar-refractivity contribution in [3.8, 4) is 0 Å². The smallest absolute Gasteiger partial charge is 0.364 e. The van der Waals surface area contributed by atoms with Gasteiger partial charge in [-0.3, -0.25) is 0 Å². The summed E-state index contributed by atoms with van der Waals surface area (Å²) in [6, 6.07) is 15.0. The molecule has 0 aliphatic carbocycles. The number of imidazole rings is 1. The molecule has 2 heterocycles. The molecule has 0 saturated heterocycles. The molecule has 29 heavy (non-hydrogen) atoms. The van der Waals surface area contributed by atoms with Crippen LogP contribution in [0.5, 0.6) is 0 Å². The summed E-state index contributed by atoms with van der Waals surface area (Å²) in [7, 11) is 0. The largest absolute Gasteiger partial charge is 0.416 e. The molecule has 4 rings (SSSR count). The topological polar surface area (TPSA) is 78.5 Å². The van der Waals surface area contributed by atoms with Crippen LogP contribution in [0.2, 0.25) is 0 Å². The summed E-state index contributed by atoms with van der Waals surface area (Å²) in [5.41, 5.74) is 1.99. The molecule has 2 aromatic heterocycles. The van der Waals surface area contributed by atoms with Crippen molar-refractivity contribution in [2.24, 2.45) is 0 Å². The average Bonchev–Trinajstić information content (AvgIpc) is 3.20. The minimum atomic E-state index is -4.38. The van der Waals surface area contributed by atoms with E-state index in [-0.39, 0.29) is 12.5 Å². The minimum absolute atomic E-state index is 0.151. The molecular formula is C20H17F3N6. The number of hydrogen-bond acceptors (Lipinski definition) is 5. The lowest BCUT2D eigenvalue weighted by Gasteiger charge is -2.11. The molecule has 0 aliphatic heterocycles. The Kier molecular flexibility index (Phi) is 5.03. The van der Waals surface area contributed by atoms with Gasteiger partial charge in [-0.25, -0.2) is 4.98 Å². The maximum Gasteiger partial charge on any atom is 0.416 e. The van der Waals surface area contributed by atoms with E-state index in [0.717, 1.165) is 17.7 Å². The Hall–Kier alpha value is -3.62. The first-order valence-corrected chi connectivity index (χ1v) is 8.88. The fraction of sp³-hybridized carbons (Fsp3) is 0.150. The number of halogens is 3. The van der Waals surface area contributed by atoms with Gasteiger partial charge in [0.25, 0.3) is 0 Å². The van der Waals surface area contributed by atoms with Gasteiger partial charge in [-0.1, -0.05) is 42.5 Å². The van der Waals surface area contributed by atoms with Crippen LogP contribution in [0, 0.1) is 0 Å². The molecule has 0 aliphatic rings. The van der Waals surface area contributed by atoms with Crippen LogP contribution in [-0.2, 0) is 19.3 Å². The van der Waals surface area contributed by atoms with Crippen molar-refractivity contribution in [3.63, 3.8) is 0 Å². The zero-order valence-electron chi connectivity index (χ0n) is 15.2. The molecule has 6 nitrogen and oxygen atoms in total. The van der Waals surface area contributed by atoms with E-state index in [1.54, 1.807) is 6.07 Å². The van der Waals surface area contributed by atoms with Gasteiger partial charge in [-0.2, -0.15) is 23.1 Å². The molecule has 0 atom stereocenters. The fourth-order valence-electron chi connectivity index (χ4n) is 2.86. The molecule has 4 aromatic rings. The van der Waals surface area contributed by atoms with Crippen molar-refractivity contribution in [3.05, 3.63) is 77.6 Å². The number of aromatic amines is 1. The Labute approximate surface area is 164 Å². The lowest BCUT2D eigenvalue weighted by atomic mass is 10.1. The number of anilines is 2. The molecule has 0 amide bonds. The van der Waals surface area contributed by atoms with E-state index >= 15 is 0 Å². The second-order valence-corrected chi connectivity index (χ2v) is 6.39. The van der Waals surface area contributed by atoms with E-state index < -0.39 is 11.7 Å². The highest BCUT2D eigenvalue weighted by atomic mass is 19.4. The molecular weight excluding hydrogens is 381 g/mol. The van der Waals surface area contributed by atoms with E-state index in [0.29, 0.717) is 29.1 Å². The molecule has 0 saturated carbocycles. The quantitative estimate of drug-likeness (QED) is 0.443. The van der Waals surface area contributed by atoms with Crippen molar-refractivity contribution in [2.45, 2.75) is 19.3 Å². The monoisotopic (exact) mass is 398 g/mol. The third kappa shape index (κ3) is 4.45. The highest BCUT2D eigenvalue weighted by molar-refractivity contribution is 5.83. The molecule has 2 aromatic carbocycles. The van der Waals surface area contributed by atoms with Crippen LogP contribution in [-0.4, -0.2) is 19.9 Å². The van der Waals surface area contributed by atoms with E-state index in [9.17, 15) is 13.2 Å². The normalized spacial score (nSPS) is 11.6. The fourth-order valence-corrected chi connectivity index (χ4v) is 2.86. The highest BCUT2D eigenvalue weighted by Gasteiger charge is 2.30. The van der Waals surface area contributed by atoms with Crippen LogP contribution in [0.25, 0.3) is 11.2 Å². The van der Waals surface area contributed by atoms with Crippen LogP contribution in [0.3, 0.4) is 0 Å². The van der Waals surface area contributed by atoms with Crippen LogP contribution >= 0.6 is 0 Å². The molecule has 9 heteroatoms. The molecule has 0 radical (unpaired) electrons. The first-order chi connectivity index (χ1) is 14.0. The van der Waals surface area contributed by atoms with E-state index in [4.69, 9.17) is 0 Å². The van der Waals surface area contributed by atoms with E-state index in [1.165, 1.54) is 12.4 Å². The summed E-state index contributed by atoms with van der Waals surface area (Å²) in [5, 5.41) is 6.22. The van der Waals surface area contributed by atoms with Crippen molar-refractivity contribution in [2.75, 3.05) is 10.6 Å². The summed E-state index contributed by atoms with van der Waals surface area (Å²) in [6.07, 6.45) is -2.86. The van der Waals surface area contributed by atoms with Gasteiger partial charge in [0.05, 0.1) is 11.9 Å². The number of H-pyrrole nitrogens is 1. The third-order valence-corrected chi connectivity index (χ3v) is 4.29. The summed E-state index contributed by atoms with van der Waals surface area (Å²) < 4.78 is 38.6. The van der Waals surface area contributed by atoms with Gasteiger partial charge in [0.2, 0.25) is 5.95 Å². The Morgan fingerprint density at radius 2 is 1.62 bits per heavy atom. The Bertz CT molecular complexity index is 1110. The summed E-state index contributed by atoms with van der Waals surface area (Å²) >= 11 is 0. The molecule has 148 valence electrons. The number of hydrogen-bond donors (Lipinski definition) is 3. The zero-order valence-corrected chi connectivity index (χ0v) is 15.2. The predicted molar refractivity (Wildman–Crippen MR) is 104 cm³/mol. The van der Waals surface area contributed by atoms with Crippen molar-refractivity contribution in [1.82, 2.24) is 19.9 Å². The lowest BCUT2D eigenvalue weighted by molar-refractivity contribution is -0.137. The van der Waals surface area contributed by atoms with Gasteiger partial charge in [0.15, 0.2) is 11.5 Å². The Morgan fingerprint density at radius 1 is 0.862 bits per heavy atom. The standard InChI is InChI=1S/C20H17F3N6/c21-20(22,23)15-8-4-7-14(9-15)11-25-19-28-17(16-18(29-19)27-12-26-16)24-10-13-5-2-1-3-6-13/h1-9,12H,10-11H2,(H3,24,25,26,27,28,29). The molecule has 0 bridgehead atoms. The van der Waals surface area contributed by atoms with Crippen molar-refractivity contribution in [1.29, 1.82) is 0 Å². The van der Waals surface area contributed by atoms with Crippen molar-refractivity contribution < 1.29 is 13.2 Å². The second kappa shape index (κ2) is 7.78. The average molecular weight is 398 g/mol. The highest BCUT2D eigenvalue weighted by Crippen LogP contribution is 2.29. The molecule has 0 spiro atoms. The maximum absolute atomic E-state index is 12.9. The zero-order chi connectivity index (χ0) is 20.3. The number of alkyl halides is 3. The van der Waals surface area contributed by atoms with E-state index in [1.807, 2.05) is 30.3 Å². The van der Waals surface area contributed by atoms with Gasteiger partial charge in [-0.15, -0.1) is 0 Å². The maximum atomic E-state index is 12.9. The number of fused-ring (bicyclic) bond motifs is 1. The minimum Gasteiger partial charge on any atom is -0.364 e. The van der Waals surface area contributed by atoms with Crippen LogP contribution in [0.4, 0.5) is 24.9 Å². The lowest BCUT2D eigenvalue weighted by Crippen LogP contribution is -2.09. The first kappa shape index (κ1) is 18.7. The predicted octanol–water partition coefficient (Wildman–Crippen LogP) is 4.60. The summed E-state index contributed by atoms with van der Waals surface area (Å²) in [5.74, 6) is 0.834. The summed E-state index contributed by atoms with van der Waals surface area (Å²) in [4.78, 5) is 15.9. The number of nitrogens with one attached hydrogen (secondary N) is 3. The molecule has 0 fully saturated rings. The van der Waals surface area contributed by atoms with Gasteiger partial charge in [0.1, 0.15) is 5.52 Å². The first-order valence-electron chi connectivity index (χ1n) is 8.88. The Balaban J connectivity index is 1.52. The number of rotatable bonds is 6. The van der Waals surface area contributed by atoms with Gasteiger partial charge < -0.3 is 15.6 Å². The van der Waals surface area contributed by atoms with Gasteiger partial charge >= 0.3 is 6.18 Å². The third-order valence-electron chi connectivity index (χ3n) is 4.29. The van der Waals surface area contributed by atoms with Crippen LogP contribution in [0.15, 0.2) is 60.9 Å². The van der Waals surface area contributed by atoms with Gasteiger partial charge in [0, 0.05) is 13.1 Å². The number of nitrogens with zero attached hydrogens (tertiary/aromatic N) is 3. The SMILES string of the molecule is FC(F)(F)c1cccc(CNc2nc(NCc3ccccc3)c3[nH]cnc3n2)c1.